The quantitative estimate of drug-likeness (QED) is 0.107. The lowest BCUT2D eigenvalue weighted by molar-refractivity contribution is -0.399. The molecule has 23 aliphatic rings. The van der Waals surface area contributed by atoms with E-state index in [9.17, 15) is 76.6 Å². The Balaban J connectivity index is 1.09. The van der Waals surface area contributed by atoms with Crippen molar-refractivity contribution in [2.45, 2.75) is 218 Å². The van der Waals surface area contributed by atoms with Crippen LogP contribution in [0.4, 0.5) is 0 Å². The molecule has 0 spiro atoms. The number of aliphatic hydroxyl groups excluding tert-OH is 15. The Hall–Kier alpha value is -1.16. The van der Waals surface area contributed by atoms with Gasteiger partial charge in [0.1, 0.15) is 128 Å². The molecule has 0 amide bonds. The van der Waals surface area contributed by atoms with Gasteiger partial charge in [-0.3, -0.25) is 9.80 Å². The van der Waals surface area contributed by atoms with Crippen LogP contribution < -0.4 is 0 Å². The summed E-state index contributed by atoms with van der Waals surface area (Å²) in [6, 6.07) is 0.278. The van der Waals surface area contributed by atoms with Crippen LogP contribution in [-0.2, 0) is 56.8 Å². The molecule has 23 heterocycles. The van der Waals surface area contributed by atoms with Crippen molar-refractivity contribution in [3.63, 3.8) is 0 Å². The van der Waals surface area contributed by atoms with Gasteiger partial charge in [-0.05, 0) is 20.3 Å². The van der Waals surface area contributed by atoms with Crippen molar-refractivity contribution < 1.29 is 133 Å². The molecule has 23 fully saturated rings. The maximum Gasteiger partial charge on any atom is 0.187 e. The first-order chi connectivity index (χ1) is 34.8. The zero-order valence-corrected chi connectivity index (χ0v) is 40.6. The van der Waals surface area contributed by atoms with E-state index in [-0.39, 0.29) is 25.4 Å². The van der Waals surface area contributed by atoms with Gasteiger partial charge in [0.25, 0.3) is 0 Å². The third-order valence-corrected chi connectivity index (χ3v) is 15.2. The Bertz CT molecular complexity index is 1700. The molecule has 23 aliphatic heterocycles. The van der Waals surface area contributed by atoms with Crippen LogP contribution in [0.1, 0.15) is 33.6 Å². The molecule has 424 valence electrons. The first-order valence-corrected chi connectivity index (χ1v) is 25.1. The SMILES string of the molecule is CCC1OC2OC3C(CO)OC(OC4C(CO)OC(OC5C(CO)OC(OC6C(CO)OC(OC7C(O)CC(OC7CN7CCN(C(C)C)CC7)OC1C(O)C2O)C(O)C6O)C(O)C5O)C(O)C4O)C(O)C3O. The average molecular weight is 1070 g/mol. The summed E-state index contributed by atoms with van der Waals surface area (Å²) in [4.78, 5) is 4.35. The second kappa shape index (κ2) is 24.9. The molecule has 73 heavy (non-hydrogen) atoms. The predicted molar refractivity (Wildman–Crippen MR) is 234 cm³/mol. The van der Waals surface area contributed by atoms with E-state index in [1.807, 2.05) is 0 Å². The van der Waals surface area contributed by atoms with Gasteiger partial charge in [0.05, 0.1) is 38.6 Å². The lowest BCUT2D eigenvalue weighted by Crippen LogP contribution is -2.68. The lowest BCUT2D eigenvalue weighted by atomic mass is 9.94. The highest BCUT2D eigenvalue weighted by Gasteiger charge is 2.58. The number of ether oxygens (including phenoxy) is 12. The van der Waals surface area contributed by atoms with E-state index in [2.05, 4.69) is 23.6 Å². The third kappa shape index (κ3) is 12.1. The fourth-order valence-corrected chi connectivity index (χ4v) is 10.8. The number of aliphatic hydroxyl groups is 15. The van der Waals surface area contributed by atoms with Crippen molar-refractivity contribution in [3.05, 3.63) is 0 Å². The molecule has 23 saturated heterocycles. The number of hydrogen-bond donors (Lipinski definition) is 15. The minimum atomic E-state index is -2.10. The van der Waals surface area contributed by atoms with E-state index in [0.29, 0.717) is 26.2 Å². The van der Waals surface area contributed by atoms with Crippen LogP contribution in [0.5, 0.6) is 0 Å². The average Bonchev–Trinajstić information content (AvgIpc) is 3.37. The summed E-state index contributed by atoms with van der Waals surface area (Å²) in [5.74, 6) is 0. The standard InChI is InChI=1S/C44H76N2O27/c1-4-17-35-24(52)29(57)40(63-17)70-36-20(12-48)65-42(31(59)26(36)54)72-38-22(14-50)67-44(33(61)28(38)56)73-39-21(13-49)66-43(32(60)27(39)55)71-37-19(11-47)64-41(30(58)25(37)53)69-34-16(51)9-23(68-35)62-18(34)10-45-5-7-46(8-6-45)15(2)3/h15-44,47-61H,4-14H2,1-3H3. The van der Waals surface area contributed by atoms with Crippen LogP contribution >= 0.6 is 0 Å². The predicted octanol–water partition coefficient (Wildman–Crippen LogP) is -9.57. The van der Waals surface area contributed by atoms with Gasteiger partial charge < -0.3 is 133 Å². The molecular formula is C44H76N2O27. The normalized spacial score (nSPS) is 52.1. The molecule has 12 bridgehead atoms. The summed E-state index contributed by atoms with van der Waals surface area (Å²) < 4.78 is 71.6. The van der Waals surface area contributed by atoms with Crippen LogP contribution in [0.2, 0.25) is 0 Å². The number of piperazine rings is 1. The summed E-state index contributed by atoms with van der Waals surface area (Å²) in [5, 5.41) is 168. The molecule has 29 nitrogen and oxygen atoms in total. The van der Waals surface area contributed by atoms with Crippen LogP contribution in [0, 0.1) is 0 Å². The molecule has 23 rings (SSSR count). The highest BCUT2D eigenvalue weighted by Crippen LogP contribution is 2.38. The Morgan fingerprint density at radius 1 is 0.370 bits per heavy atom. The monoisotopic (exact) mass is 1060 g/mol. The topological polar surface area (TPSA) is 421 Å². The van der Waals surface area contributed by atoms with Crippen LogP contribution in [0.25, 0.3) is 0 Å². The zero-order valence-electron chi connectivity index (χ0n) is 40.6. The number of hydrogen-bond acceptors (Lipinski definition) is 29. The number of nitrogens with zero attached hydrogens (tertiary/aromatic N) is 2. The van der Waals surface area contributed by atoms with Crippen LogP contribution in [-0.4, -0.2) is 330 Å². The maximum absolute atomic E-state index is 11.8. The highest BCUT2D eigenvalue weighted by atomic mass is 16.8. The molecule has 29 heteroatoms. The van der Waals surface area contributed by atoms with Crippen molar-refractivity contribution in [3.8, 4) is 0 Å². The maximum atomic E-state index is 11.8. The lowest BCUT2D eigenvalue weighted by Gasteiger charge is -2.50. The third-order valence-electron chi connectivity index (χ3n) is 15.2. The van der Waals surface area contributed by atoms with Crippen molar-refractivity contribution in [2.75, 3.05) is 59.2 Å². The van der Waals surface area contributed by atoms with Gasteiger partial charge in [0.15, 0.2) is 37.7 Å². The van der Waals surface area contributed by atoms with Crippen molar-refractivity contribution in [1.29, 1.82) is 0 Å². The van der Waals surface area contributed by atoms with Crippen molar-refractivity contribution in [1.82, 2.24) is 9.80 Å². The molecular weight excluding hydrogens is 988 g/mol. The fourth-order valence-electron chi connectivity index (χ4n) is 10.8. The van der Waals surface area contributed by atoms with E-state index in [0.717, 1.165) is 0 Å². The fraction of sp³-hybridized carbons (Fsp3) is 1.00. The summed E-state index contributed by atoms with van der Waals surface area (Å²) in [7, 11) is 0. The summed E-state index contributed by atoms with van der Waals surface area (Å²) >= 11 is 0. The Labute approximate surface area is 419 Å². The minimum absolute atomic E-state index is 0.130. The largest absolute Gasteiger partial charge is 0.394 e. The van der Waals surface area contributed by atoms with E-state index < -0.39 is 205 Å². The van der Waals surface area contributed by atoms with Crippen LogP contribution in [0.3, 0.4) is 0 Å². The van der Waals surface area contributed by atoms with E-state index in [1.165, 1.54) is 0 Å². The van der Waals surface area contributed by atoms with Crippen molar-refractivity contribution >= 4 is 0 Å². The highest BCUT2D eigenvalue weighted by molar-refractivity contribution is 5.00. The Kier molecular flexibility index (Phi) is 19.8. The molecule has 0 aromatic carbocycles. The molecule has 0 radical (unpaired) electrons. The van der Waals surface area contributed by atoms with Gasteiger partial charge in [-0.2, -0.15) is 0 Å². The molecule has 0 aromatic rings. The van der Waals surface area contributed by atoms with Gasteiger partial charge >= 0.3 is 0 Å². The summed E-state index contributed by atoms with van der Waals surface area (Å²) in [5.41, 5.74) is 0. The minimum Gasteiger partial charge on any atom is -0.394 e. The van der Waals surface area contributed by atoms with Gasteiger partial charge in [0.2, 0.25) is 0 Å². The zero-order chi connectivity index (χ0) is 52.7. The Morgan fingerprint density at radius 3 is 1.00 bits per heavy atom. The second-order valence-corrected chi connectivity index (χ2v) is 20.2. The molecule has 15 N–H and O–H groups in total. The van der Waals surface area contributed by atoms with Gasteiger partial charge in [0, 0.05) is 45.2 Å². The molecule has 29 unspecified atom stereocenters. The first-order valence-electron chi connectivity index (χ1n) is 25.1. The number of rotatable bonds is 8. The smallest absolute Gasteiger partial charge is 0.187 e. The van der Waals surface area contributed by atoms with Gasteiger partial charge in [-0.15, -0.1) is 0 Å². The van der Waals surface area contributed by atoms with E-state index in [1.54, 1.807) is 6.92 Å². The van der Waals surface area contributed by atoms with Gasteiger partial charge in [-0.1, -0.05) is 6.92 Å². The second-order valence-electron chi connectivity index (χ2n) is 20.2. The van der Waals surface area contributed by atoms with Crippen molar-refractivity contribution in [2.24, 2.45) is 0 Å². The Morgan fingerprint density at radius 2 is 0.685 bits per heavy atom. The molecule has 0 saturated carbocycles. The summed E-state index contributed by atoms with van der Waals surface area (Å²) in [6.45, 7) is 4.85. The van der Waals surface area contributed by atoms with E-state index in [4.69, 9.17) is 56.8 Å². The van der Waals surface area contributed by atoms with Gasteiger partial charge in [-0.25, -0.2) is 0 Å². The molecule has 0 aliphatic carbocycles. The van der Waals surface area contributed by atoms with Crippen LogP contribution in [0.15, 0.2) is 0 Å². The molecule has 0 aromatic heterocycles. The summed E-state index contributed by atoms with van der Waals surface area (Å²) in [6.07, 6.45) is -50.3. The molecule has 29 atom stereocenters. The van der Waals surface area contributed by atoms with E-state index >= 15 is 0 Å². The first kappa shape index (κ1) is 58.0.